The summed E-state index contributed by atoms with van der Waals surface area (Å²) in [6.07, 6.45) is 10.1. The molecule has 2 nitrogen and oxygen atoms in total. The zero-order valence-corrected chi connectivity index (χ0v) is 10.4. The molecule has 1 saturated carbocycles. The Morgan fingerprint density at radius 3 is 2.40 bits per heavy atom. The highest BCUT2D eigenvalue weighted by atomic mass is 14.9. The minimum Gasteiger partial charge on any atom is -0.317 e. The van der Waals surface area contributed by atoms with Gasteiger partial charge in [-0.2, -0.15) is 0 Å². The van der Waals surface area contributed by atoms with Gasteiger partial charge in [-0.3, -0.25) is 0 Å². The van der Waals surface area contributed by atoms with Crippen molar-refractivity contribution < 1.29 is 0 Å². The standard InChI is InChI=1S/C13H28N2/c1-2-14-10-6-11-15-12-9-13-7-4-3-5-8-13/h13-15H,2-12H2,1H3. The van der Waals surface area contributed by atoms with Gasteiger partial charge in [-0.05, 0) is 44.9 Å². The normalized spacial score (nSPS) is 18.2. The molecule has 15 heavy (non-hydrogen) atoms. The molecule has 0 aliphatic heterocycles. The summed E-state index contributed by atoms with van der Waals surface area (Å²) in [5, 5.41) is 6.90. The van der Waals surface area contributed by atoms with Gasteiger partial charge in [0.15, 0.2) is 0 Å². The topological polar surface area (TPSA) is 24.1 Å². The van der Waals surface area contributed by atoms with Crippen LogP contribution in [0.2, 0.25) is 0 Å². The van der Waals surface area contributed by atoms with Crippen LogP contribution in [0.5, 0.6) is 0 Å². The Morgan fingerprint density at radius 2 is 1.67 bits per heavy atom. The van der Waals surface area contributed by atoms with Crippen LogP contribution in [0.3, 0.4) is 0 Å². The van der Waals surface area contributed by atoms with Gasteiger partial charge in [0.25, 0.3) is 0 Å². The van der Waals surface area contributed by atoms with Crippen molar-refractivity contribution in [2.75, 3.05) is 26.2 Å². The van der Waals surface area contributed by atoms with Gasteiger partial charge in [0, 0.05) is 0 Å². The lowest BCUT2D eigenvalue weighted by Crippen LogP contribution is -2.24. The van der Waals surface area contributed by atoms with Crippen LogP contribution in [-0.4, -0.2) is 26.2 Å². The molecule has 1 fully saturated rings. The van der Waals surface area contributed by atoms with E-state index in [2.05, 4.69) is 17.6 Å². The van der Waals surface area contributed by atoms with Gasteiger partial charge in [-0.1, -0.05) is 39.0 Å². The third-order valence-electron chi connectivity index (χ3n) is 3.41. The summed E-state index contributed by atoms with van der Waals surface area (Å²) in [6, 6.07) is 0. The molecule has 0 unspecified atom stereocenters. The average Bonchev–Trinajstić information content (AvgIpc) is 2.29. The van der Waals surface area contributed by atoms with E-state index in [0.29, 0.717) is 0 Å². The first kappa shape index (κ1) is 13.0. The fraction of sp³-hybridized carbons (Fsp3) is 1.00. The van der Waals surface area contributed by atoms with Crippen molar-refractivity contribution in [1.82, 2.24) is 10.6 Å². The van der Waals surface area contributed by atoms with E-state index >= 15 is 0 Å². The SMILES string of the molecule is CCNCCCNCCC1CCCCC1. The lowest BCUT2D eigenvalue weighted by Gasteiger charge is -2.21. The Labute approximate surface area is 95.2 Å². The number of rotatable bonds is 8. The second kappa shape index (κ2) is 9.17. The monoisotopic (exact) mass is 212 g/mol. The lowest BCUT2D eigenvalue weighted by molar-refractivity contribution is 0.334. The van der Waals surface area contributed by atoms with Crippen LogP contribution >= 0.6 is 0 Å². The van der Waals surface area contributed by atoms with E-state index in [-0.39, 0.29) is 0 Å². The lowest BCUT2D eigenvalue weighted by atomic mass is 9.87. The molecule has 0 aromatic heterocycles. The van der Waals surface area contributed by atoms with E-state index in [9.17, 15) is 0 Å². The molecule has 0 amide bonds. The van der Waals surface area contributed by atoms with Crippen molar-refractivity contribution >= 4 is 0 Å². The van der Waals surface area contributed by atoms with E-state index in [1.807, 2.05) is 0 Å². The highest BCUT2D eigenvalue weighted by Gasteiger charge is 2.12. The number of nitrogens with one attached hydrogen (secondary N) is 2. The zero-order valence-electron chi connectivity index (χ0n) is 10.4. The highest BCUT2D eigenvalue weighted by molar-refractivity contribution is 4.66. The van der Waals surface area contributed by atoms with Crippen LogP contribution in [0.25, 0.3) is 0 Å². The molecule has 2 N–H and O–H groups in total. The molecule has 0 aromatic carbocycles. The predicted molar refractivity (Wildman–Crippen MR) is 67.2 cm³/mol. The van der Waals surface area contributed by atoms with Gasteiger partial charge in [-0.25, -0.2) is 0 Å². The van der Waals surface area contributed by atoms with Crippen LogP contribution in [0, 0.1) is 5.92 Å². The predicted octanol–water partition coefficient (Wildman–Crippen LogP) is 2.55. The quantitative estimate of drug-likeness (QED) is 0.604. The van der Waals surface area contributed by atoms with Gasteiger partial charge in [0.2, 0.25) is 0 Å². The maximum atomic E-state index is 3.55. The maximum absolute atomic E-state index is 3.55. The minimum atomic E-state index is 1.03. The molecule has 1 rings (SSSR count). The molecule has 0 aromatic rings. The Hall–Kier alpha value is -0.0800. The molecule has 0 bridgehead atoms. The van der Waals surface area contributed by atoms with Crippen molar-refractivity contribution in [3.05, 3.63) is 0 Å². The summed E-state index contributed by atoms with van der Waals surface area (Å²) >= 11 is 0. The smallest absolute Gasteiger partial charge is 0.00368 e. The fourth-order valence-corrected chi connectivity index (χ4v) is 2.42. The summed E-state index contributed by atoms with van der Waals surface area (Å²) in [5.74, 6) is 1.03. The molecule has 0 spiro atoms. The van der Waals surface area contributed by atoms with Crippen molar-refractivity contribution in [1.29, 1.82) is 0 Å². The average molecular weight is 212 g/mol. The second-order valence-electron chi connectivity index (χ2n) is 4.75. The van der Waals surface area contributed by atoms with E-state index in [0.717, 1.165) is 19.0 Å². The van der Waals surface area contributed by atoms with Gasteiger partial charge >= 0.3 is 0 Å². The molecule has 1 aliphatic rings. The molecular weight excluding hydrogens is 184 g/mol. The minimum absolute atomic E-state index is 1.03. The summed E-state index contributed by atoms with van der Waals surface area (Å²) in [5.41, 5.74) is 0. The fourth-order valence-electron chi connectivity index (χ4n) is 2.42. The summed E-state index contributed by atoms with van der Waals surface area (Å²) < 4.78 is 0. The molecule has 1 aliphatic carbocycles. The van der Waals surface area contributed by atoms with Crippen LogP contribution in [0.1, 0.15) is 51.9 Å². The van der Waals surface area contributed by atoms with Crippen molar-refractivity contribution in [3.63, 3.8) is 0 Å². The van der Waals surface area contributed by atoms with Crippen molar-refractivity contribution in [3.8, 4) is 0 Å². The molecule has 0 radical (unpaired) electrons. The third-order valence-corrected chi connectivity index (χ3v) is 3.41. The number of hydrogen-bond acceptors (Lipinski definition) is 2. The molecular formula is C13H28N2. The van der Waals surface area contributed by atoms with E-state index in [1.54, 1.807) is 0 Å². The van der Waals surface area contributed by atoms with Gasteiger partial charge in [0.1, 0.15) is 0 Å². The first-order valence-electron chi connectivity index (χ1n) is 6.85. The largest absolute Gasteiger partial charge is 0.317 e. The summed E-state index contributed by atoms with van der Waals surface area (Å²) in [6.45, 7) is 6.84. The van der Waals surface area contributed by atoms with Crippen LogP contribution in [0.15, 0.2) is 0 Å². The Kier molecular flexibility index (Phi) is 7.94. The molecule has 2 heteroatoms. The van der Waals surface area contributed by atoms with Crippen LogP contribution in [-0.2, 0) is 0 Å². The van der Waals surface area contributed by atoms with Gasteiger partial charge < -0.3 is 10.6 Å². The summed E-state index contributed by atoms with van der Waals surface area (Å²) in [7, 11) is 0. The highest BCUT2D eigenvalue weighted by Crippen LogP contribution is 2.25. The van der Waals surface area contributed by atoms with E-state index in [4.69, 9.17) is 0 Å². The first-order valence-corrected chi connectivity index (χ1v) is 6.85. The zero-order chi connectivity index (χ0) is 10.8. The molecule has 0 saturated heterocycles. The van der Waals surface area contributed by atoms with Crippen molar-refractivity contribution in [2.45, 2.75) is 51.9 Å². The Morgan fingerprint density at radius 1 is 0.933 bits per heavy atom. The summed E-state index contributed by atoms with van der Waals surface area (Å²) in [4.78, 5) is 0. The number of hydrogen-bond donors (Lipinski definition) is 2. The van der Waals surface area contributed by atoms with Gasteiger partial charge in [-0.15, -0.1) is 0 Å². The Bertz CT molecular complexity index is 130. The van der Waals surface area contributed by atoms with E-state index < -0.39 is 0 Å². The van der Waals surface area contributed by atoms with Gasteiger partial charge in [0.05, 0.1) is 0 Å². The van der Waals surface area contributed by atoms with Crippen molar-refractivity contribution in [2.24, 2.45) is 5.92 Å². The van der Waals surface area contributed by atoms with E-state index in [1.165, 1.54) is 58.0 Å². The molecule has 90 valence electrons. The Balaban J connectivity index is 1.79. The molecule has 0 atom stereocenters. The maximum Gasteiger partial charge on any atom is -0.00368 e. The first-order chi connectivity index (χ1) is 7.43. The second-order valence-corrected chi connectivity index (χ2v) is 4.75. The van der Waals surface area contributed by atoms with Crippen LogP contribution in [0.4, 0.5) is 0 Å². The van der Waals surface area contributed by atoms with Crippen LogP contribution < -0.4 is 10.6 Å². The third kappa shape index (κ3) is 6.91. The molecule has 0 heterocycles.